The molecule has 2 rings (SSSR count). The lowest BCUT2D eigenvalue weighted by Crippen LogP contribution is -2.26. The highest BCUT2D eigenvalue weighted by Gasteiger charge is 2.32. The fourth-order valence-electron chi connectivity index (χ4n) is 2.27. The highest BCUT2D eigenvalue weighted by atomic mass is 16.6. The summed E-state index contributed by atoms with van der Waals surface area (Å²) in [4.78, 5) is 23.8. The van der Waals surface area contributed by atoms with E-state index in [2.05, 4.69) is 0 Å². The zero-order valence-electron chi connectivity index (χ0n) is 11.0. The van der Waals surface area contributed by atoms with Crippen LogP contribution in [0.3, 0.4) is 0 Å². The van der Waals surface area contributed by atoms with Crippen molar-refractivity contribution in [2.75, 3.05) is 0 Å². The van der Waals surface area contributed by atoms with Crippen LogP contribution in [0.1, 0.15) is 43.1 Å². The first-order chi connectivity index (χ1) is 8.37. The minimum absolute atomic E-state index is 0.0662. The van der Waals surface area contributed by atoms with Crippen LogP contribution in [0.5, 0.6) is 0 Å². The van der Waals surface area contributed by atoms with Crippen molar-refractivity contribution in [2.24, 2.45) is 5.92 Å². The van der Waals surface area contributed by atoms with Gasteiger partial charge in [0.15, 0.2) is 5.78 Å². The number of fused-ring (bicyclic) bond motifs is 1. The van der Waals surface area contributed by atoms with Crippen molar-refractivity contribution in [3.05, 3.63) is 35.4 Å². The van der Waals surface area contributed by atoms with E-state index < -0.39 is 5.60 Å². The van der Waals surface area contributed by atoms with Crippen LogP contribution in [0.15, 0.2) is 24.3 Å². The second-order valence-corrected chi connectivity index (χ2v) is 5.71. The zero-order chi connectivity index (χ0) is 13.3. The van der Waals surface area contributed by atoms with Crippen LogP contribution in [0.25, 0.3) is 0 Å². The lowest BCUT2D eigenvalue weighted by atomic mass is 10.0. The monoisotopic (exact) mass is 246 g/mol. The number of carbonyl (C=O) groups excluding carboxylic acids is 2. The normalized spacial score (nSPS) is 18.6. The molecule has 1 aromatic rings. The van der Waals surface area contributed by atoms with Crippen molar-refractivity contribution in [1.82, 2.24) is 0 Å². The van der Waals surface area contributed by atoms with Crippen LogP contribution in [0.4, 0.5) is 0 Å². The molecule has 0 heterocycles. The average molecular weight is 246 g/mol. The standard InChI is InChI=1S/C15H18O3/c1-15(2,3)18-13(16)9-11-8-10-6-4-5-7-12(10)14(11)17/h4-7,11H,8-9H2,1-3H3. The predicted molar refractivity (Wildman–Crippen MR) is 68.4 cm³/mol. The molecule has 0 amide bonds. The molecule has 96 valence electrons. The third kappa shape index (κ3) is 2.78. The lowest BCUT2D eigenvalue weighted by Gasteiger charge is -2.20. The molecule has 0 fully saturated rings. The van der Waals surface area contributed by atoms with E-state index in [1.807, 2.05) is 45.0 Å². The maximum Gasteiger partial charge on any atom is 0.307 e. The van der Waals surface area contributed by atoms with Gasteiger partial charge >= 0.3 is 5.97 Å². The largest absolute Gasteiger partial charge is 0.460 e. The summed E-state index contributed by atoms with van der Waals surface area (Å²) in [5.41, 5.74) is 1.30. The van der Waals surface area contributed by atoms with Gasteiger partial charge in [-0.05, 0) is 32.8 Å². The Kier molecular flexibility index (Phi) is 3.24. The molecule has 0 aromatic heterocycles. The molecule has 1 aromatic carbocycles. The Labute approximate surface area is 107 Å². The van der Waals surface area contributed by atoms with Crippen LogP contribution < -0.4 is 0 Å². The number of carbonyl (C=O) groups is 2. The van der Waals surface area contributed by atoms with Crippen LogP contribution in [0, 0.1) is 5.92 Å². The van der Waals surface area contributed by atoms with Gasteiger partial charge in [0.05, 0.1) is 6.42 Å². The van der Waals surface area contributed by atoms with Crippen molar-refractivity contribution in [3.8, 4) is 0 Å². The van der Waals surface area contributed by atoms with Gasteiger partial charge in [-0.15, -0.1) is 0 Å². The second kappa shape index (κ2) is 4.56. The molecule has 1 atom stereocenters. The van der Waals surface area contributed by atoms with E-state index in [9.17, 15) is 9.59 Å². The highest BCUT2D eigenvalue weighted by Crippen LogP contribution is 2.29. The summed E-state index contributed by atoms with van der Waals surface area (Å²) < 4.78 is 5.26. The first kappa shape index (κ1) is 12.8. The van der Waals surface area contributed by atoms with Gasteiger partial charge in [0.25, 0.3) is 0 Å². The van der Waals surface area contributed by atoms with E-state index >= 15 is 0 Å². The van der Waals surface area contributed by atoms with Crippen LogP contribution in [-0.2, 0) is 16.0 Å². The van der Waals surface area contributed by atoms with Gasteiger partial charge in [-0.25, -0.2) is 0 Å². The smallest absolute Gasteiger partial charge is 0.307 e. The fourth-order valence-corrected chi connectivity index (χ4v) is 2.27. The maximum atomic E-state index is 12.1. The van der Waals surface area contributed by atoms with E-state index in [4.69, 9.17) is 4.74 Å². The molecule has 18 heavy (non-hydrogen) atoms. The van der Waals surface area contributed by atoms with Gasteiger partial charge < -0.3 is 4.74 Å². The predicted octanol–water partition coefficient (Wildman–Crippen LogP) is 2.77. The van der Waals surface area contributed by atoms with Crippen molar-refractivity contribution in [2.45, 2.75) is 39.2 Å². The Balaban J connectivity index is 2.02. The summed E-state index contributed by atoms with van der Waals surface area (Å²) in [7, 11) is 0. The molecule has 3 heteroatoms. The number of Topliss-reactive ketones (excluding diaryl/α,β-unsaturated/α-hetero) is 1. The van der Waals surface area contributed by atoms with E-state index in [-0.39, 0.29) is 24.1 Å². The van der Waals surface area contributed by atoms with Gasteiger partial charge in [0, 0.05) is 11.5 Å². The molecule has 0 saturated heterocycles. The molecule has 1 aliphatic carbocycles. The van der Waals surface area contributed by atoms with E-state index in [0.717, 1.165) is 11.1 Å². The molecule has 3 nitrogen and oxygen atoms in total. The third-order valence-electron chi connectivity index (χ3n) is 2.95. The topological polar surface area (TPSA) is 43.4 Å². The second-order valence-electron chi connectivity index (χ2n) is 5.71. The van der Waals surface area contributed by atoms with E-state index in [1.165, 1.54) is 0 Å². The Morgan fingerprint density at radius 2 is 2.00 bits per heavy atom. The van der Waals surface area contributed by atoms with Gasteiger partial charge in [-0.2, -0.15) is 0 Å². The van der Waals surface area contributed by atoms with Crippen LogP contribution >= 0.6 is 0 Å². The zero-order valence-corrected chi connectivity index (χ0v) is 11.0. The summed E-state index contributed by atoms with van der Waals surface area (Å²) >= 11 is 0. The molecule has 0 N–H and O–H groups in total. The molecule has 0 saturated carbocycles. The Morgan fingerprint density at radius 1 is 1.33 bits per heavy atom. The third-order valence-corrected chi connectivity index (χ3v) is 2.95. The van der Waals surface area contributed by atoms with Crippen molar-refractivity contribution in [3.63, 3.8) is 0 Å². The van der Waals surface area contributed by atoms with Gasteiger partial charge in [0.2, 0.25) is 0 Å². The number of esters is 1. The number of hydrogen-bond acceptors (Lipinski definition) is 3. The SMILES string of the molecule is CC(C)(C)OC(=O)CC1Cc2ccccc2C1=O. The Hall–Kier alpha value is -1.64. The molecule has 0 bridgehead atoms. The average Bonchev–Trinajstić information content (AvgIpc) is 2.54. The first-order valence-corrected chi connectivity index (χ1v) is 6.21. The summed E-state index contributed by atoms with van der Waals surface area (Å²) in [5, 5.41) is 0. The summed E-state index contributed by atoms with van der Waals surface area (Å²) in [6, 6.07) is 7.55. The molecule has 1 aliphatic rings. The van der Waals surface area contributed by atoms with Crippen molar-refractivity contribution in [1.29, 1.82) is 0 Å². The number of benzene rings is 1. The Morgan fingerprint density at radius 3 is 2.61 bits per heavy atom. The molecule has 1 unspecified atom stereocenters. The molecular weight excluding hydrogens is 228 g/mol. The van der Waals surface area contributed by atoms with Gasteiger partial charge in [-0.3, -0.25) is 9.59 Å². The first-order valence-electron chi connectivity index (χ1n) is 6.21. The maximum absolute atomic E-state index is 12.1. The van der Waals surface area contributed by atoms with Gasteiger partial charge in [0.1, 0.15) is 5.60 Å². The Bertz CT molecular complexity index is 483. The molecule has 0 radical (unpaired) electrons. The summed E-state index contributed by atoms with van der Waals surface area (Å²) in [6.45, 7) is 5.49. The number of hydrogen-bond donors (Lipinski definition) is 0. The fraction of sp³-hybridized carbons (Fsp3) is 0.467. The number of rotatable bonds is 2. The summed E-state index contributed by atoms with van der Waals surface area (Å²) in [5.74, 6) is -0.484. The van der Waals surface area contributed by atoms with E-state index in [0.29, 0.717) is 6.42 Å². The minimum Gasteiger partial charge on any atom is -0.460 e. The highest BCUT2D eigenvalue weighted by molar-refractivity contribution is 6.03. The number of ketones is 1. The summed E-state index contributed by atoms with van der Waals surface area (Å²) in [6.07, 6.45) is 0.818. The van der Waals surface area contributed by atoms with Crippen molar-refractivity contribution < 1.29 is 14.3 Å². The van der Waals surface area contributed by atoms with Crippen molar-refractivity contribution >= 4 is 11.8 Å². The van der Waals surface area contributed by atoms with E-state index in [1.54, 1.807) is 0 Å². The minimum atomic E-state index is -0.494. The van der Waals surface area contributed by atoms with Gasteiger partial charge in [-0.1, -0.05) is 24.3 Å². The number of ether oxygens (including phenoxy) is 1. The molecule has 0 aliphatic heterocycles. The molecule has 0 spiro atoms. The quantitative estimate of drug-likeness (QED) is 0.754. The van der Waals surface area contributed by atoms with Crippen LogP contribution in [-0.4, -0.2) is 17.4 Å². The van der Waals surface area contributed by atoms with Crippen LogP contribution in [0.2, 0.25) is 0 Å². The molecular formula is C15H18O3. The lowest BCUT2D eigenvalue weighted by molar-refractivity contribution is -0.155.